The van der Waals surface area contributed by atoms with Gasteiger partial charge in [0.25, 0.3) is 0 Å². The van der Waals surface area contributed by atoms with E-state index in [9.17, 15) is 0 Å². The fraction of sp³-hybridized carbons (Fsp3) is 0.154. The lowest BCUT2D eigenvalue weighted by Gasteiger charge is -2.05. The van der Waals surface area contributed by atoms with E-state index in [1.165, 1.54) is 6.20 Å². The molecule has 1 N–H and O–H groups in total. The van der Waals surface area contributed by atoms with E-state index in [2.05, 4.69) is 15.3 Å². The summed E-state index contributed by atoms with van der Waals surface area (Å²) in [6.07, 6.45) is 1.50. The minimum Gasteiger partial charge on any atom is -0.454 e. The highest BCUT2D eigenvalue weighted by molar-refractivity contribution is 5.64. The van der Waals surface area contributed by atoms with Gasteiger partial charge in [0, 0.05) is 12.6 Å². The third kappa shape index (κ3) is 1.91. The molecule has 1 aliphatic rings. The number of hydrogen-bond donors (Lipinski definition) is 1. The zero-order valence-corrected chi connectivity index (χ0v) is 10.2. The standard InChI is InChI=1S/C13H10N4O2/c1-15-12-9(5-14)6-16-13(17-12)8-2-3-10-11(4-8)19-7-18-10/h2-4,6H,7H2,1H3,(H,15,16,17). The molecule has 1 aromatic heterocycles. The Hall–Kier alpha value is -2.81. The summed E-state index contributed by atoms with van der Waals surface area (Å²) in [4.78, 5) is 8.50. The molecule has 19 heavy (non-hydrogen) atoms. The van der Waals surface area contributed by atoms with Crippen molar-refractivity contribution < 1.29 is 9.47 Å². The summed E-state index contributed by atoms with van der Waals surface area (Å²) in [6, 6.07) is 7.53. The Morgan fingerprint density at radius 2 is 2.16 bits per heavy atom. The predicted octanol–water partition coefficient (Wildman–Crippen LogP) is 1.79. The van der Waals surface area contributed by atoms with Gasteiger partial charge in [-0.1, -0.05) is 0 Å². The largest absolute Gasteiger partial charge is 0.454 e. The molecule has 0 radical (unpaired) electrons. The van der Waals surface area contributed by atoms with Crippen molar-refractivity contribution in [2.75, 3.05) is 19.2 Å². The van der Waals surface area contributed by atoms with Gasteiger partial charge in [-0.15, -0.1) is 0 Å². The first-order valence-corrected chi connectivity index (χ1v) is 5.66. The van der Waals surface area contributed by atoms with Gasteiger partial charge in [-0.05, 0) is 18.2 Å². The van der Waals surface area contributed by atoms with Crippen molar-refractivity contribution >= 4 is 5.82 Å². The molecule has 0 unspecified atom stereocenters. The number of benzene rings is 1. The number of hydrogen-bond acceptors (Lipinski definition) is 6. The van der Waals surface area contributed by atoms with E-state index in [0.717, 1.165) is 5.56 Å². The molecule has 0 spiro atoms. The fourth-order valence-corrected chi connectivity index (χ4v) is 1.83. The molecule has 6 heteroatoms. The lowest BCUT2D eigenvalue weighted by atomic mass is 10.2. The van der Waals surface area contributed by atoms with Crippen molar-refractivity contribution in [3.05, 3.63) is 30.0 Å². The molecule has 0 bridgehead atoms. The predicted molar refractivity (Wildman–Crippen MR) is 67.9 cm³/mol. The maximum Gasteiger partial charge on any atom is 0.231 e. The molecule has 3 rings (SSSR count). The number of aromatic nitrogens is 2. The first-order chi connectivity index (χ1) is 9.31. The number of anilines is 1. The molecule has 0 aliphatic carbocycles. The summed E-state index contributed by atoms with van der Waals surface area (Å²) in [6.45, 7) is 0.231. The number of rotatable bonds is 2. The van der Waals surface area contributed by atoms with Gasteiger partial charge in [0.15, 0.2) is 17.3 Å². The second-order valence-corrected chi connectivity index (χ2v) is 3.89. The van der Waals surface area contributed by atoms with Crippen molar-refractivity contribution in [1.29, 1.82) is 5.26 Å². The van der Waals surface area contributed by atoms with Crippen molar-refractivity contribution in [2.24, 2.45) is 0 Å². The van der Waals surface area contributed by atoms with Crippen LogP contribution in [0.5, 0.6) is 11.5 Å². The van der Waals surface area contributed by atoms with Crippen LogP contribution in [0.25, 0.3) is 11.4 Å². The first kappa shape index (κ1) is 11.3. The highest BCUT2D eigenvalue weighted by atomic mass is 16.7. The van der Waals surface area contributed by atoms with E-state index in [1.807, 2.05) is 24.3 Å². The van der Waals surface area contributed by atoms with Crippen LogP contribution in [-0.2, 0) is 0 Å². The Labute approximate surface area is 109 Å². The smallest absolute Gasteiger partial charge is 0.231 e. The molecule has 2 heterocycles. The van der Waals surface area contributed by atoms with Crippen molar-refractivity contribution in [3.8, 4) is 29.0 Å². The van der Waals surface area contributed by atoms with Gasteiger partial charge in [-0.2, -0.15) is 5.26 Å². The lowest BCUT2D eigenvalue weighted by molar-refractivity contribution is 0.174. The summed E-state index contributed by atoms with van der Waals surface area (Å²) in [5, 5.41) is 11.8. The average molecular weight is 254 g/mol. The Morgan fingerprint density at radius 1 is 1.32 bits per heavy atom. The van der Waals surface area contributed by atoms with Gasteiger partial charge in [-0.25, -0.2) is 9.97 Å². The molecular formula is C13H10N4O2. The number of nitriles is 1. The topological polar surface area (TPSA) is 80.1 Å². The lowest BCUT2D eigenvalue weighted by Crippen LogP contribution is -1.99. The van der Waals surface area contributed by atoms with Crippen LogP contribution in [0.4, 0.5) is 5.82 Å². The van der Waals surface area contributed by atoms with Crippen molar-refractivity contribution in [2.45, 2.75) is 0 Å². The van der Waals surface area contributed by atoms with Gasteiger partial charge in [-0.3, -0.25) is 0 Å². The fourth-order valence-electron chi connectivity index (χ4n) is 1.83. The Balaban J connectivity index is 2.05. The Bertz CT molecular complexity index is 679. The molecule has 0 saturated carbocycles. The highest BCUT2D eigenvalue weighted by Gasteiger charge is 2.15. The van der Waals surface area contributed by atoms with Gasteiger partial charge in [0.2, 0.25) is 6.79 Å². The van der Waals surface area contributed by atoms with E-state index in [4.69, 9.17) is 14.7 Å². The van der Waals surface area contributed by atoms with Crippen LogP contribution in [0.2, 0.25) is 0 Å². The van der Waals surface area contributed by atoms with Crippen LogP contribution in [0.15, 0.2) is 24.4 Å². The van der Waals surface area contributed by atoms with Gasteiger partial charge >= 0.3 is 0 Å². The van der Waals surface area contributed by atoms with Crippen LogP contribution in [0.3, 0.4) is 0 Å². The SMILES string of the molecule is CNc1nc(-c2ccc3c(c2)OCO3)ncc1C#N. The molecule has 1 aromatic carbocycles. The van der Waals surface area contributed by atoms with E-state index < -0.39 is 0 Å². The van der Waals surface area contributed by atoms with Crippen LogP contribution in [-0.4, -0.2) is 23.8 Å². The quantitative estimate of drug-likeness (QED) is 0.880. The normalized spacial score (nSPS) is 12.0. The molecule has 0 amide bonds. The molecular weight excluding hydrogens is 244 g/mol. The molecule has 6 nitrogen and oxygen atoms in total. The Morgan fingerprint density at radius 3 is 2.95 bits per heavy atom. The summed E-state index contributed by atoms with van der Waals surface area (Å²) in [5.74, 6) is 2.43. The number of ether oxygens (including phenoxy) is 2. The summed E-state index contributed by atoms with van der Waals surface area (Å²) >= 11 is 0. The molecule has 2 aromatic rings. The minimum atomic E-state index is 0.231. The van der Waals surface area contributed by atoms with E-state index in [1.54, 1.807) is 7.05 Å². The van der Waals surface area contributed by atoms with E-state index in [0.29, 0.717) is 28.7 Å². The number of nitrogens with zero attached hydrogens (tertiary/aromatic N) is 3. The van der Waals surface area contributed by atoms with Crippen LogP contribution in [0, 0.1) is 11.3 Å². The van der Waals surface area contributed by atoms with Gasteiger partial charge < -0.3 is 14.8 Å². The number of nitrogens with one attached hydrogen (secondary N) is 1. The molecule has 0 fully saturated rings. The first-order valence-electron chi connectivity index (χ1n) is 5.66. The minimum absolute atomic E-state index is 0.231. The van der Waals surface area contributed by atoms with Crippen molar-refractivity contribution in [1.82, 2.24) is 9.97 Å². The van der Waals surface area contributed by atoms with Crippen LogP contribution < -0.4 is 14.8 Å². The maximum absolute atomic E-state index is 8.93. The summed E-state index contributed by atoms with van der Waals surface area (Å²) in [7, 11) is 1.71. The third-order valence-corrected chi connectivity index (χ3v) is 2.78. The van der Waals surface area contributed by atoms with Crippen LogP contribution >= 0.6 is 0 Å². The zero-order valence-electron chi connectivity index (χ0n) is 10.2. The Kier molecular flexibility index (Phi) is 2.65. The molecule has 94 valence electrons. The molecule has 1 aliphatic heterocycles. The van der Waals surface area contributed by atoms with Gasteiger partial charge in [0.05, 0.1) is 6.20 Å². The monoisotopic (exact) mass is 254 g/mol. The highest BCUT2D eigenvalue weighted by Crippen LogP contribution is 2.35. The van der Waals surface area contributed by atoms with E-state index in [-0.39, 0.29) is 6.79 Å². The third-order valence-electron chi connectivity index (χ3n) is 2.78. The molecule has 0 atom stereocenters. The maximum atomic E-state index is 8.93. The van der Waals surface area contributed by atoms with Gasteiger partial charge in [0.1, 0.15) is 17.5 Å². The van der Waals surface area contributed by atoms with Crippen molar-refractivity contribution in [3.63, 3.8) is 0 Å². The summed E-state index contributed by atoms with van der Waals surface area (Å²) < 4.78 is 10.6. The molecule has 0 saturated heterocycles. The van der Waals surface area contributed by atoms with Crippen LogP contribution in [0.1, 0.15) is 5.56 Å². The second kappa shape index (κ2) is 4.46. The second-order valence-electron chi connectivity index (χ2n) is 3.89. The number of fused-ring (bicyclic) bond motifs is 1. The average Bonchev–Trinajstić information content (AvgIpc) is 2.93. The summed E-state index contributed by atoms with van der Waals surface area (Å²) in [5.41, 5.74) is 1.22. The van der Waals surface area contributed by atoms with E-state index >= 15 is 0 Å². The zero-order chi connectivity index (χ0) is 13.2.